The minimum absolute atomic E-state index is 0.108. The Morgan fingerprint density at radius 2 is 1.95 bits per heavy atom. The lowest BCUT2D eigenvalue weighted by molar-refractivity contribution is 0.295. The SMILES string of the molecule is Cc1ccc([C@@H]2CN(C)Cc3ccccc32)cc1F. The van der Waals surface area contributed by atoms with Crippen LogP contribution in [0, 0.1) is 12.7 Å². The van der Waals surface area contributed by atoms with Crippen molar-refractivity contribution in [1.29, 1.82) is 0 Å². The van der Waals surface area contributed by atoms with Crippen molar-refractivity contribution in [1.82, 2.24) is 4.90 Å². The Labute approximate surface area is 113 Å². The molecule has 0 saturated carbocycles. The maximum atomic E-state index is 13.8. The summed E-state index contributed by atoms with van der Waals surface area (Å²) in [6, 6.07) is 14.1. The fraction of sp³-hybridized carbons (Fsp3) is 0.294. The van der Waals surface area contributed by atoms with Crippen LogP contribution in [0.2, 0.25) is 0 Å². The van der Waals surface area contributed by atoms with Gasteiger partial charge in [-0.05, 0) is 42.3 Å². The van der Waals surface area contributed by atoms with Gasteiger partial charge in [0.2, 0.25) is 0 Å². The van der Waals surface area contributed by atoms with E-state index in [4.69, 9.17) is 0 Å². The Hall–Kier alpha value is -1.67. The van der Waals surface area contributed by atoms with E-state index < -0.39 is 0 Å². The monoisotopic (exact) mass is 255 g/mol. The highest BCUT2D eigenvalue weighted by Gasteiger charge is 2.24. The van der Waals surface area contributed by atoms with Gasteiger partial charge in [-0.2, -0.15) is 0 Å². The predicted octanol–water partition coefficient (Wildman–Crippen LogP) is 3.71. The van der Waals surface area contributed by atoms with Crippen LogP contribution in [0.15, 0.2) is 42.5 Å². The van der Waals surface area contributed by atoms with Gasteiger partial charge in [0, 0.05) is 19.0 Å². The number of rotatable bonds is 1. The molecule has 1 heterocycles. The van der Waals surface area contributed by atoms with Crippen LogP contribution in [0.5, 0.6) is 0 Å². The third-order valence-electron chi connectivity index (χ3n) is 3.96. The van der Waals surface area contributed by atoms with Gasteiger partial charge in [-0.25, -0.2) is 4.39 Å². The second-order valence-corrected chi connectivity index (χ2v) is 5.46. The van der Waals surface area contributed by atoms with Gasteiger partial charge in [0.05, 0.1) is 0 Å². The Kier molecular flexibility index (Phi) is 3.11. The first-order valence-corrected chi connectivity index (χ1v) is 6.67. The fourth-order valence-electron chi connectivity index (χ4n) is 2.89. The zero-order chi connectivity index (χ0) is 13.4. The van der Waals surface area contributed by atoms with Gasteiger partial charge < -0.3 is 4.90 Å². The largest absolute Gasteiger partial charge is 0.301 e. The van der Waals surface area contributed by atoms with Crippen LogP contribution >= 0.6 is 0 Å². The average molecular weight is 255 g/mol. The maximum Gasteiger partial charge on any atom is 0.126 e. The van der Waals surface area contributed by atoms with Gasteiger partial charge in [-0.15, -0.1) is 0 Å². The van der Waals surface area contributed by atoms with E-state index in [1.807, 2.05) is 6.07 Å². The van der Waals surface area contributed by atoms with Gasteiger partial charge in [-0.1, -0.05) is 36.4 Å². The molecule has 0 bridgehead atoms. The number of halogens is 1. The summed E-state index contributed by atoms with van der Waals surface area (Å²) in [5, 5.41) is 0. The summed E-state index contributed by atoms with van der Waals surface area (Å²) in [6.45, 7) is 3.72. The molecule has 1 aliphatic rings. The summed E-state index contributed by atoms with van der Waals surface area (Å²) in [5.74, 6) is 0.160. The zero-order valence-electron chi connectivity index (χ0n) is 11.4. The molecule has 1 atom stereocenters. The molecule has 0 aromatic heterocycles. The van der Waals surface area contributed by atoms with Crippen LogP contribution in [0.1, 0.15) is 28.2 Å². The molecule has 1 aliphatic heterocycles. The second-order valence-electron chi connectivity index (χ2n) is 5.46. The number of likely N-dealkylation sites (N-methyl/N-ethyl adjacent to an activating group) is 1. The average Bonchev–Trinajstić information content (AvgIpc) is 2.41. The topological polar surface area (TPSA) is 3.24 Å². The van der Waals surface area contributed by atoms with E-state index in [9.17, 15) is 4.39 Å². The standard InChI is InChI=1S/C17H18FN/c1-12-7-8-13(9-17(12)18)16-11-19(2)10-14-5-3-4-6-15(14)16/h3-9,16H,10-11H2,1-2H3/t16-/m0/s1. The molecule has 2 heteroatoms. The molecular formula is C17H18FN. The van der Waals surface area contributed by atoms with Crippen molar-refractivity contribution in [3.63, 3.8) is 0 Å². The molecule has 1 nitrogen and oxygen atoms in total. The van der Waals surface area contributed by atoms with Crippen molar-refractivity contribution in [2.24, 2.45) is 0 Å². The second kappa shape index (κ2) is 4.78. The van der Waals surface area contributed by atoms with Gasteiger partial charge in [0.1, 0.15) is 5.82 Å². The summed E-state index contributed by atoms with van der Waals surface area (Å²) in [6.07, 6.45) is 0. The van der Waals surface area contributed by atoms with E-state index in [1.165, 1.54) is 11.1 Å². The predicted molar refractivity (Wildman–Crippen MR) is 75.8 cm³/mol. The highest BCUT2D eigenvalue weighted by Crippen LogP contribution is 2.33. The van der Waals surface area contributed by atoms with Crippen molar-refractivity contribution in [3.05, 3.63) is 70.5 Å². The number of hydrogen-bond donors (Lipinski definition) is 0. The van der Waals surface area contributed by atoms with E-state index in [-0.39, 0.29) is 11.7 Å². The number of fused-ring (bicyclic) bond motifs is 1. The van der Waals surface area contributed by atoms with E-state index in [1.54, 1.807) is 13.0 Å². The smallest absolute Gasteiger partial charge is 0.126 e. The third kappa shape index (κ3) is 2.28. The summed E-state index contributed by atoms with van der Waals surface area (Å²) in [5.41, 5.74) is 4.47. The molecule has 0 spiro atoms. The molecule has 0 radical (unpaired) electrons. The van der Waals surface area contributed by atoms with Crippen molar-refractivity contribution in [2.75, 3.05) is 13.6 Å². The summed E-state index contributed by atoms with van der Waals surface area (Å²) >= 11 is 0. The highest BCUT2D eigenvalue weighted by molar-refractivity contribution is 5.41. The lowest BCUT2D eigenvalue weighted by Gasteiger charge is -2.32. The Balaban J connectivity index is 2.07. The molecule has 2 aromatic carbocycles. The first-order valence-electron chi connectivity index (χ1n) is 6.67. The summed E-state index contributed by atoms with van der Waals surface area (Å²) in [7, 11) is 2.12. The minimum Gasteiger partial charge on any atom is -0.301 e. The summed E-state index contributed by atoms with van der Waals surface area (Å²) in [4.78, 5) is 2.30. The van der Waals surface area contributed by atoms with Crippen molar-refractivity contribution < 1.29 is 4.39 Å². The Morgan fingerprint density at radius 1 is 1.16 bits per heavy atom. The lowest BCUT2D eigenvalue weighted by atomic mass is 9.84. The van der Waals surface area contributed by atoms with Crippen LogP contribution in [-0.4, -0.2) is 18.5 Å². The molecule has 0 unspecified atom stereocenters. The van der Waals surface area contributed by atoms with Crippen molar-refractivity contribution >= 4 is 0 Å². The molecule has 0 aliphatic carbocycles. The van der Waals surface area contributed by atoms with Gasteiger partial charge in [0.15, 0.2) is 0 Å². The first kappa shape index (κ1) is 12.4. The Bertz CT molecular complexity index is 606. The van der Waals surface area contributed by atoms with Crippen LogP contribution in [-0.2, 0) is 6.54 Å². The fourth-order valence-corrected chi connectivity index (χ4v) is 2.89. The molecular weight excluding hydrogens is 237 g/mol. The van der Waals surface area contributed by atoms with E-state index in [0.717, 1.165) is 18.7 Å². The van der Waals surface area contributed by atoms with Crippen LogP contribution in [0.3, 0.4) is 0 Å². The summed E-state index contributed by atoms with van der Waals surface area (Å²) < 4.78 is 13.8. The van der Waals surface area contributed by atoms with Gasteiger partial charge >= 0.3 is 0 Å². The number of nitrogens with zero attached hydrogens (tertiary/aromatic N) is 1. The van der Waals surface area contributed by atoms with Crippen LogP contribution in [0.25, 0.3) is 0 Å². The van der Waals surface area contributed by atoms with Crippen LogP contribution < -0.4 is 0 Å². The number of aryl methyl sites for hydroxylation is 1. The van der Waals surface area contributed by atoms with Crippen molar-refractivity contribution in [3.8, 4) is 0 Å². The molecule has 19 heavy (non-hydrogen) atoms. The Morgan fingerprint density at radius 3 is 2.74 bits per heavy atom. The minimum atomic E-state index is -0.108. The normalized spacial score (nSPS) is 19.2. The molecule has 0 saturated heterocycles. The third-order valence-corrected chi connectivity index (χ3v) is 3.96. The van der Waals surface area contributed by atoms with Crippen molar-refractivity contribution in [2.45, 2.75) is 19.4 Å². The zero-order valence-corrected chi connectivity index (χ0v) is 11.4. The maximum absolute atomic E-state index is 13.8. The van der Waals surface area contributed by atoms with Gasteiger partial charge in [0.25, 0.3) is 0 Å². The molecule has 3 rings (SSSR count). The molecule has 0 N–H and O–H groups in total. The number of benzene rings is 2. The molecule has 2 aromatic rings. The van der Waals surface area contributed by atoms with E-state index >= 15 is 0 Å². The quantitative estimate of drug-likeness (QED) is 0.751. The molecule has 0 amide bonds. The number of hydrogen-bond acceptors (Lipinski definition) is 1. The highest BCUT2D eigenvalue weighted by atomic mass is 19.1. The molecule has 0 fully saturated rings. The molecule has 98 valence electrons. The van der Waals surface area contributed by atoms with E-state index in [2.05, 4.69) is 42.3 Å². The van der Waals surface area contributed by atoms with E-state index in [0.29, 0.717) is 5.56 Å². The first-order chi connectivity index (χ1) is 9.15. The lowest BCUT2D eigenvalue weighted by Crippen LogP contribution is -2.30. The van der Waals surface area contributed by atoms with Crippen LogP contribution in [0.4, 0.5) is 4.39 Å². The van der Waals surface area contributed by atoms with Gasteiger partial charge in [-0.3, -0.25) is 0 Å².